The molecule has 0 aromatic heterocycles. The van der Waals surface area contributed by atoms with Crippen LogP contribution in [0.15, 0.2) is 54.1 Å². The Bertz CT molecular complexity index is 606. The summed E-state index contributed by atoms with van der Waals surface area (Å²) < 4.78 is 0. The summed E-state index contributed by atoms with van der Waals surface area (Å²) in [6.45, 7) is 2.00. The van der Waals surface area contributed by atoms with E-state index >= 15 is 0 Å². The fraction of sp³-hybridized carbons (Fsp3) is 0.250. The topological polar surface area (TPSA) is 86.6 Å². The van der Waals surface area contributed by atoms with Crippen LogP contribution in [0.5, 0.6) is 0 Å². The predicted molar refractivity (Wildman–Crippen MR) is 77.7 cm³/mol. The van der Waals surface area contributed by atoms with Crippen LogP contribution < -0.4 is 5.32 Å². The minimum Gasteiger partial charge on any atom is -0.481 e. The fourth-order valence-electron chi connectivity index (χ4n) is 2.51. The van der Waals surface area contributed by atoms with Gasteiger partial charge in [-0.25, -0.2) is 4.79 Å². The quantitative estimate of drug-likeness (QED) is 0.769. The average Bonchev–Trinajstić information content (AvgIpc) is 2.46. The van der Waals surface area contributed by atoms with E-state index in [2.05, 4.69) is 5.32 Å². The van der Waals surface area contributed by atoms with Crippen molar-refractivity contribution in [1.29, 1.82) is 0 Å². The van der Waals surface area contributed by atoms with Crippen molar-refractivity contribution in [3.63, 3.8) is 0 Å². The number of nitrogens with one attached hydrogen (secondary N) is 1. The number of carbonyl (C=O) groups is 2. The van der Waals surface area contributed by atoms with Crippen molar-refractivity contribution in [3.05, 3.63) is 59.7 Å². The Morgan fingerprint density at radius 3 is 2.48 bits per heavy atom. The Labute approximate surface area is 122 Å². The van der Waals surface area contributed by atoms with Crippen molar-refractivity contribution in [2.75, 3.05) is 0 Å². The molecule has 0 bridgehead atoms. The third-order valence-electron chi connectivity index (χ3n) is 3.75. The minimum atomic E-state index is -1.16. The van der Waals surface area contributed by atoms with Gasteiger partial charge in [0.2, 0.25) is 0 Å². The summed E-state index contributed by atoms with van der Waals surface area (Å²) in [5.41, 5.74) is -0.155. The Hall–Kier alpha value is -2.40. The van der Waals surface area contributed by atoms with Crippen LogP contribution >= 0.6 is 0 Å². The monoisotopic (exact) mass is 287 g/mol. The number of carboxylic acid groups (broad SMARTS) is 2. The van der Waals surface area contributed by atoms with E-state index in [0.717, 1.165) is 5.56 Å². The Morgan fingerprint density at radius 2 is 1.90 bits per heavy atom. The largest absolute Gasteiger partial charge is 0.481 e. The molecular weight excluding hydrogens is 270 g/mol. The van der Waals surface area contributed by atoms with Crippen molar-refractivity contribution in [3.8, 4) is 0 Å². The van der Waals surface area contributed by atoms with Crippen LogP contribution in [0.3, 0.4) is 0 Å². The summed E-state index contributed by atoms with van der Waals surface area (Å²) in [4.78, 5) is 22.9. The first-order valence-corrected chi connectivity index (χ1v) is 6.59. The highest BCUT2D eigenvalue weighted by Crippen LogP contribution is 2.31. The second-order valence-corrected chi connectivity index (χ2v) is 5.13. The molecule has 5 heteroatoms. The van der Waals surface area contributed by atoms with Gasteiger partial charge in [0.15, 0.2) is 0 Å². The number of aliphatic carboxylic acids is 2. The Morgan fingerprint density at radius 1 is 1.24 bits per heavy atom. The van der Waals surface area contributed by atoms with Crippen molar-refractivity contribution < 1.29 is 19.8 Å². The molecule has 2 unspecified atom stereocenters. The minimum absolute atomic E-state index is 0.0494. The molecule has 0 fully saturated rings. The van der Waals surface area contributed by atoms with E-state index in [1.807, 2.05) is 30.3 Å². The number of benzene rings is 1. The lowest BCUT2D eigenvalue weighted by Gasteiger charge is -2.37. The van der Waals surface area contributed by atoms with E-state index in [1.165, 1.54) is 18.2 Å². The maximum atomic E-state index is 11.4. The van der Waals surface area contributed by atoms with Gasteiger partial charge in [-0.2, -0.15) is 0 Å². The summed E-state index contributed by atoms with van der Waals surface area (Å²) >= 11 is 0. The van der Waals surface area contributed by atoms with Gasteiger partial charge in [-0.05, 0) is 12.5 Å². The van der Waals surface area contributed by atoms with Gasteiger partial charge >= 0.3 is 11.9 Å². The average molecular weight is 287 g/mol. The molecular formula is C16H17NO4. The van der Waals surface area contributed by atoms with Crippen LogP contribution in [0.25, 0.3) is 0 Å². The first-order valence-electron chi connectivity index (χ1n) is 6.59. The normalized spacial score (nSPS) is 24.4. The van der Waals surface area contributed by atoms with E-state index in [-0.39, 0.29) is 5.57 Å². The lowest BCUT2D eigenvalue weighted by Crippen LogP contribution is -2.54. The second-order valence-electron chi connectivity index (χ2n) is 5.13. The van der Waals surface area contributed by atoms with E-state index in [1.54, 1.807) is 6.92 Å². The van der Waals surface area contributed by atoms with Crippen LogP contribution in [0.2, 0.25) is 0 Å². The van der Waals surface area contributed by atoms with Crippen LogP contribution in [0.4, 0.5) is 0 Å². The molecule has 0 saturated carbocycles. The van der Waals surface area contributed by atoms with Crippen LogP contribution in [-0.2, 0) is 16.1 Å². The van der Waals surface area contributed by atoms with Crippen molar-refractivity contribution >= 4 is 11.9 Å². The third-order valence-corrected chi connectivity index (χ3v) is 3.75. The molecule has 1 aromatic rings. The predicted octanol–water partition coefficient (Wildman–Crippen LogP) is 1.82. The zero-order valence-corrected chi connectivity index (χ0v) is 11.6. The number of hydrogen-bond acceptors (Lipinski definition) is 3. The lowest BCUT2D eigenvalue weighted by molar-refractivity contribution is -0.142. The van der Waals surface area contributed by atoms with E-state index in [4.69, 9.17) is 0 Å². The molecule has 1 aliphatic rings. The molecule has 2 rings (SSSR count). The van der Waals surface area contributed by atoms with Crippen LogP contribution in [0, 0.1) is 5.92 Å². The van der Waals surface area contributed by atoms with E-state index in [9.17, 15) is 19.8 Å². The summed E-state index contributed by atoms with van der Waals surface area (Å²) in [5.74, 6) is -3.10. The molecule has 1 aliphatic carbocycles. The second kappa shape index (κ2) is 5.93. The smallest absolute Gasteiger partial charge is 0.333 e. The summed E-state index contributed by atoms with van der Waals surface area (Å²) in [7, 11) is 0. The van der Waals surface area contributed by atoms with Gasteiger partial charge in [0.1, 0.15) is 0 Å². The molecule has 5 nitrogen and oxygen atoms in total. The Balaban J connectivity index is 2.28. The molecule has 0 amide bonds. The molecule has 21 heavy (non-hydrogen) atoms. The van der Waals surface area contributed by atoms with Gasteiger partial charge in [0, 0.05) is 6.54 Å². The summed E-state index contributed by atoms with van der Waals surface area (Å²) in [5, 5.41) is 21.8. The van der Waals surface area contributed by atoms with Gasteiger partial charge < -0.3 is 15.5 Å². The van der Waals surface area contributed by atoms with E-state index in [0.29, 0.717) is 6.54 Å². The highest BCUT2D eigenvalue weighted by Gasteiger charge is 2.44. The van der Waals surface area contributed by atoms with E-state index < -0.39 is 23.4 Å². The van der Waals surface area contributed by atoms with Gasteiger partial charge in [-0.3, -0.25) is 4.79 Å². The molecule has 1 aromatic carbocycles. The number of allylic oxidation sites excluding steroid dienone is 2. The van der Waals surface area contributed by atoms with Crippen molar-refractivity contribution in [2.45, 2.75) is 19.0 Å². The number of rotatable bonds is 5. The molecule has 3 N–H and O–H groups in total. The summed E-state index contributed by atoms with van der Waals surface area (Å²) in [6.07, 6.45) is 4.43. The molecule has 0 aliphatic heterocycles. The maximum Gasteiger partial charge on any atom is 0.333 e. The number of carboxylic acids is 2. The highest BCUT2D eigenvalue weighted by molar-refractivity contribution is 5.92. The first kappa shape index (κ1) is 15.0. The first-order chi connectivity index (χ1) is 9.95. The number of hydrogen-bond donors (Lipinski definition) is 3. The molecule has 0 saturated heterocycles. The fourth-order valence-corrected chi connectivity index (χ4v) is 2.51. The third kappa shape index (κ3) is 3.03. The molecule has 0 spiro atoms. The molecule has 2 atom stereocenters. The van der Waals surface area contributed by atoms with Gasteiger partial charge in [-0.1, -0.05) is 48.6 Å². The van der Waals surface area contributed by atoms with Crippen LogP contribution in [0.1, 0.15) is 12.5 Å². The summed E-state index contributed by atoms with van der Waals surface area (Å²) in [6, 6.07) is 9.44. The SMILES string of the molecule is CC1(NCc2ccccc2)C(C(=O)O)=CC=CC1C(=O)O. The van der Waals surface area contributed by atoms with Gasteiger partial charge in [-0.15, -0.1) is 0 Å². The standard InChI is InChI=1S/C16H17NO4/c1-16(17-10-11-6-3-2-4-7-11)12(14(18)19)8-5-9-13(16)15(20)21/h2-9,12,17H,10H2,1H3,(H,18,19)(H,20,21). The van der Waals surface area contributed by atoms with Gasteiger partial charge in [0.05, 0.1) is 17.0 Å². The zero-order valence-electron chi connectivity index (χ0n) is 11.6. The van der Waals surface area contributed by atoms with Crippen LogP contribution in [-0.4, -0.2) is 27.7 Å². The lowest BCUT2D eigenvalue weighted by atomic mass is 9.75. The zero-order chi connectivity index (χ0) is 15.5. The molecule has 110 valence electrons. The maximum absolute atomic E-state index is 11.4. The Kier molecular flexibility index (Phi) is 4.23. The van der Waals surface area contributed by atoms with Gasteiger partial charge in [0.25, 0.3) is 0 Å². The highest BCUT2D eigenvalue weighted by atomic mass is 16.4. The van der Waals surface area contributed by atoms with Crippen molar-refractivity contribution in [1.82, 2.24) is 5.32 Å². The van der Waals surface area contributed by atoms with Crippen molar-refractivity contribution in [2.24, 2.45) is 5.92 Å². The molecule has 0 heterocycles. The molecule has 0 radical (unpaired) electrons.